The molecule has 2 fully saturated rings. The molecule has 0 unspecified atom stereocenters. The Kier molecular flexibility index (Phi) is 5.41. The number of urea groups is 1. The van der Waals surface area contributed by atoms with E-state index in [1.54, 1.807) is 0 Å². The Bertz CT molecular complexity index is 398. The highest BCUT2D eigenvalue weighted by Crippen LogP contribution is 2.20. The molecule has 22 heavy (non-hydrogen) atoms. The SMILES string of the molecule is CC(C)(C)[C@@H](O)CN1CCN(CCN2C(=O)CNC2=O)CC1. The Balaban J connectivity index is 1.69. The molecule has 0 bridgehead atoms. The van der Waals surface area contributed by atoms with Crippen LogP contribution in [0.2, 0.25) is 0 Å². The maximum Gasteiger partial charge on any atom is 0.324 e. The van der Waals surface area contributed by atoms with Crippen molar-refractivity contribution in [3.05, 3.63) is 0 Å². The van der Waals surface area contributed by atoms with Gasteiger partial charge in [-0.15, -0.1) is 0 Å². The number of piperazine rings is 1. The smallest absolute Gasteiger partial charge is 0.324 e. The van der Waals surface area contributed by atoms with E-state index >= 15 is 0 Å². The van der Waals surface area contributed by atoms with Gasteiger partial charge in [0.1, 0.15) is 0 Å². The first-order chi connectivity index (χ1) is 10.3. The van der Waals surface area contributed by atoms with E-state index in [1.165, 1.54) is 4.90 Å². The summed E-state index contributed by atoms with van der Waals surface area (Å²) in [5.74, 6) is -0.142. The number of aliphatic hydroxyl groups excluding tert-OH is 1. The zero-order chi connectivity index (χ0) is 16.3. The Morgan fingerprint density at radius 1 is 1.09 bits per heavy atom. The number of hydrogen-bond acceptors (Lipinski definition) is 5. The molecule has 0 aromatic rings. The van der Waals surface area contributed by atoms with Crippen molar-refractivity contribution >= 4 is 11.9 Å². The predicted octanol–water partition coefficient (Wildman–Crippen LogP) is -0.437. The van der Waals surface area contributed by atoms with Crippen LogP contribution in [0.5, 0.6) is 0 Å². The van der Waals surface area contributed by atoms with Gasteiger partial charge in [-0.2, -0.15) is 0 Å². The molecular formula is C15H28N4O3. The molecule has 0 aromatic carbocycles. The minimum absolute atomic E-state index is 0.0966. The lowest BCUT2D eigenvalue weighted by atomic mass is 9.89. The summed E-state index contributed by atoms with van der Waals surface area (Å²) in [6.07, 6.45) is -0.329. The molecule has 0 radical (unpaired) electrons. The molecule has 2 saturated heterocycles. The molecule has 0 aliphatic carbocycles. The number of amides is 3. The molecule has 0 saturated carbocycles. The normalized spacial score (nSPS) is 23.0. The van der Waals surface area contributed by atoms with Gasteiger partial charge in [0.15, 0.2) is 0 Å². The predicted molar refractivity (Wildman–Crippen MR) is 83.5 cm³/mol. The van der Waals surface area contributed by atoms with Crippen LogP contribution >= 0.6 is 0 Å². The van der Waals surface area contributed by atoms with Crippen molar-refractivity contribution in [3.63, 3.8) is 0 Å². The number of carbonyl (C=O) groups is 2. The minimum Gasteiger partial charge on any atom is -0.391 e. The number of nitrogens with one attached hydrogen (secondary N) is 1. The fourth-order valence-corrected chi connectivity index (χ4v) is 2.64. The number of β-amino-alcohol motifs (C(OH)–C–C–N with tert-alkyl or cyclic N) is 1. The van der Waals surface area contributed by atoms with Crippen molar-refractivity contribution in [1.82, 2.24) is 20.0 Å². The number of rotatable bonds is 5. The van der Waals surface area contributed by atoms with E-state index in [4.69, 9.17) is 0 Å². The third-order valence-corrected chi connectivity index (χ3v) is 4.47. The molecule has 7 nitrogen and oxygen atoms in total. The van der Waals surface area contributed by atoms with Crippen LogP contribution in [0.25, 0.3) is 0 Å². The molecule has 7 heteroatoms. The summed E-state index contributed by atoms with van der Waals surface area (Å²) in [7, 11) is 0. The van der Waals surface area contributed by atoms with E-state index in [-0.39, 0.29) is 30.0 Å². The van der Waals surface area contributed by atoms with Crippen LogP contribution in [0.4, 0.5) is 4.79 Å². The van der Waals surface area contributed by atoms with Crippen LogP contribution in [-0.4, -0.2) is 90.2 Å². The highest BCUT2D eigenvalue weighted by atomic mass is 16.3. The molecule has 1 atom stereocenters. The molecular weight excluding hydrogens is 284 g/mol. The number of carbonyl (C=O) groups excluding carboxylic acids is 2. The summed E-state index contributed by atoms with van der Waals surface area (Å²) in [5, 5.41) is 12.7. The first kappa shape index (κ1) is 17.2. The van der Waals surface area contributed by atoms with E-state index in [9.17, 15) is 14.7 Å². The lowest BCUT2D eigenvalue weighted by Gasteiger charge is -2.38. The Morgan fingerprint density at radius 2 is 1.68 bits per heavy atom. The van der Waals surface area contributed by atoms with Gasteiger partial charge in [0.25, 0.3) is 0 Å². The summed E-state index contributed by atoms with van der Waals surface area (Å²) < 4.78 is 0. The van der Waals surface area contributed by atoms with E-state index in [0.717, 1.165) is 32.7 Å². The zero-order valence-electron chi connectivity index (χ0n) is 13.8. The number of hydrogen-bond donors (Lipinski definition) is 2. The monoisotopic (exact) mass is 312 g/mol. The quantitative estimate of drug-likeness (QED) is 0.673. The highest BCUT2D eigenvalue weighted by Gasteiger charge is 2.29. The molecule has 2 N–H and O–H groups in total. The fourth-order valence-electron chi connectivity index (χ4n) is 2.64. The summed E-state index contributed by atoms with van der Waals surface area (Å²) in [5.41, 5.74) is -0.0966. The molecule has 0 aromatic heterocycles. The second-order valence-electron chi connectivity index (χ2n) is 7.23. The minimum atomic E-state index is -0.329. The lowest BCUT2D eigenvalue weighted by Crippen LogP contribution is -2.51. The van der Waals surface area contributed by atoms with E-state index in [0.29, 0.717) is 13.1 Å². The van der Waals surface area contributed by atoms with Crippen molar-refractivity contribution in [2.45, 2.75) is 26.9 Å². The van der Waals surface area contributed by atoms with Gasteiger partial charge < -0.3 is 10.4 Å². The van der Waals surface area contributed by atoms with Gasteiger partial charge in [-0.05, 0) is 5.41 Å². The molecule has 2 heterocycles. The summed E-state index contributed by atoms with van der Waals surface area (Å²) >= 11 is 0. The van der Waals surface area contributed by atoms with Crippen LogP contribution < -0.4 is 5.32 Å². The fraction of sp³-hybridized carbons (Fsp3) is 0.867. The van der Waals surface area contributed by atoms with Gasteiger partial charge in [0.2, 0.25) is 5.91 Å². The lowest BCUT2D eigenvalue weighted by molar-refractivity contribution is -0.125. The topological polar surface area (TPSA) is 76.1 Å². The average Bonchev–Trinajstić information content (AvgIpc) is 2.76. The van der Waals surface area contributed by atoms with Crippen LogP contribution in [0, 0.1) is 5.41 Å². The third kappa shape index (κ3) is 4.41. The van der Waals surface area contributed by atoms with Gasteiger partial charge in [-0.3, -0.25) is 19.5 Å². The van der Waals surface area contributed by atoms with Crippen LogP contribution in [-0.2, 0) is 4.79 Å². The van der Waals surface area contributed by atoms with E-state index < -0.39 is 0 Å². The number of imide groups is 1. The van der Waals surface area contributed by atoms with Crippen molar-refractivity contribution in [2.24, 2.45) is 5.41 Å². The second-order valence-corrected chi connectivity index (χ2v) is 7.23. The van der Waals surface area contributed by atoms with Gasteiger partial charge in [0.05, 0.1) is 12.6 Å². The number of aliphatic hydroxyl groups is 1. The molecule has 2 aliphatic heterocycles. The van der Waals surface area contributed by atoms with Crippen LogP contribution in [0.15, 0.2) is 0 Å². The Labute approximate surface area is 132 Å². The molecule has 3 amide bonds. The summed E-state index contributed by atoms with van der Waals surface area (Å²) in [4.78, 5) is 28.8. The molecule has 2 aliphatic rings. The third-order valence-electron chi connectivity index (χ3n) is 4.47. The van der Waals surface area contributed by atoms with E-state index in [1.807, 2.05) is 20.8 Å². The number of nitrogens with zero attached hydrogens (tertiary/aromatic N) is 3. The first-order valence-corrected chi connectivity index (χ1v) is 7.98. The van der Waals surface area contributed by atoms with Crippen LogP contribution in [0.1, 0.15) is 20.8 Å². The maximum atomic E-state index is 11.5. The second kappa shape index (κ2) is 6.93. The zero-order valence-corrected chi connectivity index (χ0v) is 13.8. The average molecular weight is 312 g/mol. The van der Waals surface area contributed by atoms with E-state index in [2.05, 4.69) is 15.1 Å². The van der Waals surface area contributed by atoms with Gasteiger partial charge >= 0.3 is 6.03 Å². The standard InChI is InChI=1S/C15H28N4O3/c1-15(2,3)12(20)11-18-6-4-17(5-7-18)8-9-19-13(21)10-16-14(19)22/h12,20H,4-11H2,1-3H3,(H,16,22)/t12-/m0/s1. The first-order valence-electron chi connectivity index (χ1n) is 7.98. The highest BCUT2D eigenvalue weighted by molar-refractivity contribution is 6.01. The van der Waals surface area contributed by atoms with Crippen molar-refractivity contribution in [1.29, 1.82) is 0 Å². The van der Waals surface area contributed by atoms with Crippen molar-refractivity contribution in [2.75, 3.05) is 52.4 Å². The Hall–Kier alpha value is -1.18. The largest absolute Gasteiger partial charge is 0.391 e. The van der Waals surface area contributed by atoms with Crippen molar-refractivity contribution < 1.29 is 14.7 Å². The summed E-state index contributed by atoms with van der Waals surface area (Å²) in [6, 6.07) is -0.281. The van der Waals surface area contributed by atoms with Gasteiger partial charge in [0, 0.05) is 45.8 Å². The summed E-state index contributed by atoms with van der Waals surface area (Å²) in [6.45, 7) is 11.8. The molecule has 126 valence electrons. The molecule has 0 spiro atoms. The van der Waals surface area contributed by atoms with Gasteiger partial charge in [-0.25, -0.2) is 4.79 Å². The van der Waals surface area contributed by atoms with Crippen molar-refractivity contribution in [3.8, 4) is 0 Å². The van der Waals surface area contributed by atoms with Gasteiger partial charge in [-0.1, -0.05) is 20.8 Å². The molecule has 2 rings (SSSR count). The Morgan fingerprint density at radius 3 is 2.18 bits per heavy atom. The van der Waals surface area contributed by atoms with Crippen LogP contribution in [0.3, 0.4) is 0 Å². The maximum absolute atomic E-state index is 11.5.